The first-order chi connectivity index (χ1) is 23.2. The fourth-order valence-corrected chi connectivity index (χ4v) is 5.87. The van der Waals surface area contributed by atoms with Crippen LogP contribution in [0.2, 0.25) is 5.02 Å². The number of carbonyl (C=O) groups excluding carboxylic acids is 5. The zero-order valence-corrected chi connectivity index (χ0v) is 32.3. The number of halogens is 2. The van der Waals surface area contributed by atoms with E-state index in [1.54, 1.807) is 24.3 Å². The Morgan fingerprint density at radius 2 is 1.22 bits per heavy atom. The lowest BCUT2D eigenvalue weighted by Gasteiger charge is -2.31. The van der Waals surface area contributed by atoms with E-state index in [1.165, 1.54) is 35.0 Å². The van der Waals surface area contributed by atoms with Crippen LogP contribution in [0.25, 0.3) is 11.1 Å². The van der Waals surface area contributed by atoms with Crippen LogP contribution in [0.3, 0.4) is 0 Å². The Bertz CT molecular complexity index is 1720. The Balaban J connectivity index is 0.000000294. The van der Waals surface area contributed by atoms with Gasteiger partial charge in [-0.25, -0.2) is 0 Å². The summed E-state index contributed by atoms with van der Waals surface area (Å²) in [6.07, 6.45) is 0. The summed E-state index contributed by atoms with van der Waals surface area (Å²) in [5.41, 5.74) is -0.0526. The minimum Gasteiger partial charge on any atom is -0.509 e. The zero-order chi connectivity index (χ0) is 38.3. The lowest BCUT2D eigenvalue weighted by Crippen LogP contribution is -2.46. The van der Waals surface area contributed by atoms with Crippen LogP contribution in [0.15, 0.2) is 52.4 Å². The molecule has 2 aromatic rings. The molecule has 2 unspecified atom stereocenters. The highest BCUT2D eigenvalue weighted by atomic mass is 79.9. The fraction of sp³-hybridized carbons (Fsp3) is 0.417. The van der Waals surface area contributed by atoms with Gasteiger partial charge in [0, 0.05) is 30.8 Å². The van der Waals surface area contributed by atoms with Crippen LogP contribution in [-0.2, 0) is 33.4 Å². The number of benzene rings is 2. The summed E-state index contributed by atoms with van der Waals surface area (Å²) >= 11 is 9.72. The summed E-state index contributed by atoms with van der Waals surface area (Å²) in [6, 6.07) is 10.5. The molecule has 0 bridgehead atoms. The van der Waals surface area contributed by atoms with E-state index >= 15 is 0 Å². The number of nitrogens with one attached hydrogen (secondary N) is 2. The van der Waals surface area contributed by atoms with Gasteiger partial charge in [-0.3, -0.25) is 24.0 Å². The number of hydrogen-bond donors (Lipinski definition) is 3. The van der Waals surface area contributed by atoms with Gasteiger partial charge in [-0.15, -0.1) is 0 Å². The molecular weight excluding hydrogens is 736 g/mol. The van der Waals surface area contributed by atoms with E-state index in [-0.39, 0.29) is 46.3 Å². The second kappa shape index (κ2) is 17.0. The van der Waals surface area contributed by atoms with E-state index in [2.05, 4.69) is 31.3 Å². The van der Waals surface area contributed by atoms with Crippen LogP contribution in [-0.4, -0.2) is 60.1 Å². The molecule has 14 heteroatoms. The predicted molar refractivity (Wildman–Crippen MR) is 192 cm³/mol. The van der Waals surface area contributed by atoms with Crippen LogP contribution < -0.4 is 20.1 Å². The summed E-state index contributed by atoms with van der Waals surface area (Å²) < 4.78 is 20.7. The van der Waals surface area contributed by atoms with Crippen molar-refractivity contribution in [3.8, 4) is 11.5 Å². The van der Waals surface area contributed by atoms with Crippen LogP contribution in [0, 0.1) is 11.8 Å². The molecule has 4 rings (SSSR count). The molecule has 2 aliphatic heterocycles. The molecule has 2 atom stereocenters. The van der Waals surface area contributed by atoms with Crippen molar-refractivity contribution in [2.24, 2.45) is 11.8 Å². The van der Waals surface area contributed by atoms with Crippen LogP contribution in [0.5, 0.6) is 11.5 Å². The predicted octanol–water partition coefficient (Wildman–Crippen LogP) is 6.53. The van der Waals surface area contributed by atoms with Gasteiger partial charge >= 0.3 is 17.9 Å². The second-order valence-corrected chi connectivity index (χ2v) is 13.6. The first-order valence-electron chi connectivity index (χ1n) is 15.5. The summed E-state index contributed by atoms with van der Waals surface area (Å²) in [5.74, 6) is -0.854. The monoisotopic (exact) mass is 778 g/mol. The molecular formula is C36H44BrClN2O10. The maximum atomic E-state index is 12.6. The summed E-state index contributed by atoms with van der Waals surface area (Å²) in [4.78, 5) is 56.1. The topological polar surface area (TPSA) is 167 Å². The normalized spacial score (nSPS) is 19.6. The maximum absolute atomic E-state index is 12.6. The van der Waals surface area contributed by atoms with Crippen LogP contribution >= 0.6 is 27.5 Å². The second-order valence-electron chi connectivity index (χ2n) is 12.4. The van der Waals surface area contributed by atoms with Crippen molar-refractivity contribution < 1.29 is 48.0 Å². The number of hydrogen-bond acceptors (Lipinski definition) is 10. The third-order valence-corrected chi connectivity index (χ3v) is 9.34. The molecule has 2 aromatic carbocycles. The van der Waals surface area contributed by atoms with E-state index in [1.807, 2.05) is 53.7 Å². The molecule has 272 valence electrons. The standard InChI is InChI=1S/C17H20ClNO4.C15H18BrNO3.C4H6O3/c1-9(2)17(4)15(23-10(3)20)14(16(21)19-17)13-11(18)7-6-8-12(13)22-5;1-8(2)15(3)13(18)12(14(19)17-15)11-9(16)6-5-7-10(11)20-4;1-3(5)7-4(2)6/h6-9H,1-5H3,(H,19,21);5-8,18H,1-4H3,(H,17,19);1-2H3. The molecule has 2 amide bonds. The third kappa shape index (κ3) is 9.05. The fourth-order valence-electron chi connectivity index (χ4n) is 5.06. The van der Waals surface area contributed by atoms with Gasteiger partial charge in [0.25, 0.3) is 11.8 Å². The van der Waals surface area contributed by atoms with E-state index in [4.69, 9.17) is 25.8 Å². The molecule has 0 saturated heterocycles. The van der Waals surface area contributed by atoms with Crippen molar-refractivity contribution in [2.45, 2.75) is 73.4 Å². The van der Waals surface area contributed by atoms with Gasteiger partial charge in [-0.2, -0.15) is 0 Å². The molecule has 0 fully saturated rings. The largest absolute Gasteiger partial charge is 0.509 e. The molecule has 50 heavy (non-hydrogen) atoms. The Hall–Kier alpha value is -4.36. The summed E-state index contributed by atoms with van der Waals surface area (Å²) in [7, 11) is 3.03. The van der Waals surface area contributed by atoms with Crippen molar-refractivity contribution >= 4 is 68.4 Å². The molecule has 2 heterocycles. The van der Waals surface area contributed by atoms with E-state index in [0.29, 0.717) is 32.1 Å². The quantitative estimate of drug-likeness (QED) is 0.208. The number of aliphatic hydroxyl groups is 1. The van der Waals surface area contributed by atoms with Crippen molar-refractivity contribution in [2.75, 3.05) is 14.2 Å². The van der Waals surface area contributed by atoms with Gasteiger partial charge < -0.3 is 34.7 Å². The molecule has 0 aliphatic carbocycles. The smallest absolute Gasteiger partial charge is 0.310 e. The lowest BCUT2D eigenvalue weighted by molar-refractivity contribution is -0.156. The molecule has 0 spiro atoms. The highest BCUT2D eigenvalue weighted by molar-refractivity contribution is 9.10. The number of esters is 3. The zero-order valence-electron chi connectivity index (χ0n) is 30.0. The number of methoxy groups -OCH3 is 2. The molecule has 2 aliphatic rings. The molecule has 0 radical (unpaired) electrons. The minimum absolute atomic E-state index is 0.00628. The Morgan fingerprint density at radius 1 is 0.760 bits per heavy atom. The highest BCUT2D eigenvalue weighted by Crippen LogP contribution is 2.44. The Kier molecular flexibility index (Phi) is 14.2. The van der Waals surface area contributed by atoms with Crippen LogP contribution in [0.4, 0.5) is 0 Å². The highest BCUT2D eigenvalue weighted by Gasteiger charge is 2.48. The van der Waals surface area contributed by atoms with Crippen LogP contribution in [0.1, 0.15) is 73.4 Å². The van der Waals surface area contributed by atoms with E-state index in [9.17, 15) is 29.1 Å². The average molecular weight is 780 g/mol. The Labute approximate surface area is 305 Å². The lowest BCUT2D eigenvalue weighted by atomic mass is 9.86. The van der Waals surface area contributed by atoms with Gasteiger partial charge in [-0.1, -0.05) is 67.4 Å². The molecule has 0 aromatic heterocycles. The van der Waals surface area contributed by atoms with Crippen molar-refractivity contribution in [1.29, 1.82) is 0 Å². The van der Waals surface area contributed by atoms with Crippen molar-refractivity contribution in [1.82, 2.24) is 10.6 Å². The first-order valence-corrected chi connectivity index (χ1v) is 16.7. The van der Waals surface area contributed by atoms with E-state index in [0.717, 1.165) is 0 Å². The van der Waals surface area contributed by atoms with Gasteiger partial charge in [0.2, 0.25) is 0 Å². The van der Waals surface area contributed by atoms with Gasteiger partial charge in [0.05, 0.1) is 47.0 Å². The van der Waals surface area contributed by atoms with Gasteiger partial charge in [0.1, 0.15) is 23.0 Å². The van der Waals surface area contributed by atoms with Gasteiger partial charge in [0.15, 0.2) is 0 Å². The Morgan fingerprint density at radius 3 is 1.64 bits per heavy atom. The number of ether oxygens (including phenoxy) is 4. The molecule has 3 N–H and O–H groups in total. The third-order valence-electron chi connectivity index (χ3n) is 8.36. The average Bonchev–Trinajstić information content (AvgIpc) is 3.40. The number of rotatable bonds is 7. The van der Waals surface area contributed by atoms with Crippen molar-refractivity contribution in [3.05, 3.63) is 68.5 Å². The molecule has 0 saturated carbocycles. The number of amides is 2. The first kappa shape index (κ1) is 41.8. The minimum atomic E-state index is -0.803. The SMILES string of the molecule is CC(=O)OC(C)=O.COc1cccc(Br)c1C1=C(O)C(C)(C(C)C)NC1=O.COc1cccc(Cl)c1C1=C(OC(C)=O)C(C)(C(C)C)NC1=O. The molecule has 12 nitrogen and oxygen atoms in total. The van der Waals surface area contributed by atoms with E-state index < -0.39 is 29.0 Å². The maximum Gasteiger partial charge on any atom is 0.310 e. The summed E-state index contributed by atoms with van der Waals surface area (Å²) in [5, 5.41) is 16.7. The number of carbonyl (C=O) groups is 5. The number of aliphatic hydroxyl groups excluding tert-OH is 1. The van der Waals surface area contributed by atoms with Gasteiger partial charge in [-0.05, 0) is 49.9 Å². The van der Waals surface area contributed by atoms with Crippen molar-refractivity contribution in [3.63, 3.8) is 0 Å². The summed E-state index contributed by atoms with van der Waals surface area (Å²) in [6.45, 7) is 15.1.